The molecule has 3 aromatic rings. The molecule has 2 aliphatic heterocycles. The van der Waals surface area contributed by atoms with Crippen molar-refractivity contribution in [3.8, 4) is 5.75 Å². The molecule has 0 aliphatic carbocycles. The van der Waals surface area contributed by atoms with Crippen molar-refractivity contribution in [2.24, 2.45) is 0 Å². The number of aromatic nitrogens is 5. The van der Waals surface area contributed by atoms with E-state index in [0.29, 0.717) is 50.5 Å². The number of aliphatic hydroxyl groups is 1. The van der Waals surface area contributed by atoms with Crippen LogP contribution in [0.25, 0.3) is 10.9 Å². The van der Waals surface area contributed by atoms with Gasteiger partial charge < -0.3 is 19.6 Å². The summed E-state index contributed by atoms with van der Waals surface area (Å²) in [5.41, 5.74) is 1.16. The Bertz CT molecular complexity index is 1150. The molecule has 10 nitrogen and oxygen atoms in total. The number of hydrogen-bond donors (Lipinski definition) is 2. The maximum Gasteiger partial charge on any atom is 0.253 e. The van der Waals surface area contributed by atoms with Crippen LogP contribution in [-0.2, 0) is 11.3 Å². The third kappa shape index (κ3) is 4.64. The molecule has 0 saturated carbocycles. The Kier molecular flexibility index (Phi) is 6.39. The molecule has 0 radical (unpaired) electrons. The monoisotopic (exact) mass is 454 g/mol. The zero-order valence-corrected chi connectivity index (χ0v) is 18.8. The van der Waals surface area contributed by atoms with Crippen molar-refractivity contribution in [1.82, 2.24) is 30.1 Å². The molecule has 4 heterocycles. The Morgan fingerprint density at radius 2 is 2.12 bits per heavy atom. The van der Waals surface area contributed by atoms with E-state index < -0.39 is 6.04 Å². The number of H-pyrrole nitrogens is 1. The number of aliphatic hydroxyl groups excluding tert-OH is 1. The number of nitrogens with one attached hydrogen (secondary N) is 1. The minimum Gasteiger partial charge on any atom is -0.494 e. The van der Waals surface area contributed by atoms with E-state index in [9.17, 15) is 9.90 Å². The molecule has 33 heavy (non-hydrogen) atoms. The smallest absolute Gasteiger partial charge is 0.253 e. The summed E-state index contributed by atoms with van der Waals surface area (Å²) in [7, 11) is 0. The van der Waals surface area contributed by atoms with Crippen molar-refractivity contribution in [3.63, 3.8) is 0 Å². The average molecular weight is 455 g/mol. The van der Waals surface area contributed by atoms with Crippen molar-refractivity contribution in [3.05, 3.63) is 46.0 Å². The molecule has 10 heteroatoms. The summed E-state index contributed by atoms with van der Waals surface area (Å²) in [5.74, 6) is 1.37. The van der Waals surface area contributed by atoms with Crippen LogP contribution >= 0.6 is 0 Å². The maximum atomic E-state index is 13.3. The van der Waals surface area contributed by atoms with Crippen LogP contribution in [0.3, 0.4) is 0 Å². The predicted octanol–water partition coefficient (Wildman–Crippen LogP) is 1.64. The Hall–Kier alpha value is -2.82. The van der Waals surface area contributed by atoms with Gasteiger partial charge in [-0.05, 0) is 67.3 Å². The highest BCUT2D eigenvalue weighted by Gasteiger charge is 2.33. The maximum absolute atomic E-state index is 13.3. The number of aromatic amines is 1. The molecule has 2 fully saturated rings. The van der Waals surface area contributed by atoms with Crippen LogP contribution in [-0.4, -0.2) is 73.7 Å². The van der Waals surface area contributed by atoms with Gasteiger partial charge in [-0.25, -0.2) is 4.68 Å². The zero-order chi connectivity index (χ0) is 22.8. The summed E-state index contributed by atoms with van der Waals surface area (Å²) in [5, 5.41) is 23.5. The van der Waals surface area contributed by atoms with Crippen LogP contribution in [0, 0.1) is 0 Å². The van der Waals surface area contributed by atoms with Crippen LogP contribution in [0.5, 0.6) is 5.75 Å². The number of nitrogens with zero attached hydrogens (tertiary/aromatic N) is 5. The number of pyridine rings is 1. The molecule has 0 spiro atoms. The molecular formula is C23H30N6O4. The van der Waals surface area contributed by atoms with Gasteiger partial charge in [0.15, 0.2) is 5.82 Å². The molecule has 2 aliphatic rings. The number of likely N-dealkylation sites (tertiary alicyclic amines) is 1. The van der Waals surface area contributed by atoms with Gasteiger partial charge in [-0.3, -0.25) is 9.69 Å². The topological polar surface area (TPSA) is 118 Å². The fourth-order valence-corrected chi connectivity index (χ4v) is 4.82. The van der Waals surface area contributed by atoms with E-state index in [1.54, 1.807) is 4.68 Å². The molecule has 2 aromatic heterocycles. The molecule has 2 atom stereocenters. The van der Waals surface area contributed by atoms with Gasteiger partial charge in [0.25, 0.3) is 5.56 Å². The van der Waals surface area contributed by atoms with Gasteiger partial charge in [0.2, 0.25) is 0 Å². The van der Waals surface area contributed by atoms with Crippen molar-refractivity contribution < 1.29 is 14.6 Å². The first-order chi connectivity index (χ1) is 16.1. The van der Waals surface area contributed by atoms with Gasteiger partial charge in [-0.1, -0.05) is 0 Å². The van der Waals surface area contributed by atoms with Crippen LogP contribution in [0.2, 0.25) is 0 Å². The third-order valence-corrected chi connectivity index (χ3v) is 6.52. The molecule has 1 aromatic carbocycles. The summed E-state index contributed by atoms with van der Waals surface area (Å²) >= 11 is 0. The molecule has 2 N–H and O–H groups in total. The lowest BCUT2D eigenvalue weighted by Gasteiger charge is -2.35. The summed E-state index contributed by atoms with van der Waals surface area (Å²) in [6.07, 6.45) is 3.03. The van der Waals surface area contributed by atoms with E-state index in [-0.39, 0.29) is 17.8 Å². The quantitative estimate of drug-likeness (QED) is 0.553. The van der Waals surface area contributed by atoms with E-state index in [2.05, 4.69) is 25.4 Å². The molecule has 176 valence electrons. The molecule has 0 unspecified atom stereocenters. The number of benzene rings is 1. The van der Waals surface area contributed by atoms with E-state index in [4.69, 9.17) is 9.47 Å². The van der Waals surface area contributed by atoms with Crippen molar-refractivity contribution in [1.29, 1.82) is 0 Å². The second kappa shape index (κ2) is 9.58. The zero-order valence-electron chi connectivity index (χ0n) is 18.8. The van der Waals surface area contributed by atoms with Gasteiger partial charge >= 0.3 is 0 Å². The van der Waals surface area contributed by atoms with Crippen LogP contribution in [0.15, 0.2) is 29.1 Å². The highest BCUT2D eigenvalue weighted by atomic mass is 16.5. The SMILES string of the molecule is CCOc1ccc2[nH]c(=O)c([C@H](c3nnnn3C[C@@H]3CCCO3)N3CCC(O)CC3)cc2c1. The van der Waals surface area contributed by atoms with Crippen molar-refractivity contribution in [2.75, 3.05) is 26.3 Å². The Morgan fingerprint density at radius 3 is 2.88 bits per heavy atom. The minimum atomic E-state index is -0.433. The summed E-state index contributed by atoms with van der Waals surface area (Å²) in [4.78, 5) is 18.5. The number of tetrazole rings is 1. The highest BCUT2D eigenvalue weighted by molar-refractivity contribution is 5.80. The normalized spacial score (nSPS) is 21.0. The van der Waals surface area contributed by atoms with Gasteiger partial charge in [-0.2, -0.15) is 0 Å². The fourth-order valence-electron chi connectivity index (χ4n) is 4.82. The number of piperidine rings is 1. The van der Waals surface area contributed by atoms with Gasteiger partial charge in [0.05, 0.1) is 25.4 Å². The predicted molar refractivity (Wildman–Crippen MR) is 121 cm³/mol. The van der Waals surface area contributed by atoms with Crippen LogP contribution < -0.4 is 10.3 Å². The molecule has 0 bridgehead atoms. The van der Waals surface area contributed by atoms with Gasteiger partial charge in [0.1, 0.15) is 11.8 Å². The van der Waals surface area contributed by atoms with E-state index in [1.807, 2.05) is 31.2 Å². The lowest BCUT2D eigenvalue weighted by Crippen LogP contribution is -2.42. The average Bonchev–Trinajstić information content (AvgIpc) is 3.49. The van der Waals surface area contributed by atoms with E-state index in [0.717, 1.165) is 36.1 Å². The first-order valence-electron chi connectivity index (χ1n) is 11.7. The number of rotatable bonds is 7. The van der Waals surface area contributed by atoms with E-state index in [1.165, 1.54) is 0 Å². The Morgan fingerprint density at radius 1 is 1.27 bits per heavy atom. The Labute approximate surface area is 191 Å². The summed E-state index contributed by atoms with van der Waals surface area (Å²) in [6.45, 7) is 5.11. The molecule has 2 saturated heterocycles. The highest BCUT2D eigenvalue weighted by Crippen LogP contribution is 2.30. The molecule has 0 amide bonds. The summed E-state index contributed by atoms with van der Waals surface area (Å²) < 4.78 is 13.2. The second-order valence-electron chi connectivity index (χ2n) is 8.76. The lowest BCUT2D eigenvalue weighted by molar-refractivity contribution is 0.0632. The number of hydrogen-bond acceptors (Lipinski definition) is 8. The van der Waals surface area contributed by atoms with Gasteiger partial charge in [-0.15, -0.1) is 5.10 Å². The van der Waals surface area contributed by atoms with Crippen molar-refractivity contribution in [2.45, 2.75) is 57.4 Å². The van der Waals surface area contributed by atoms with Crippen LogP contribution in [0.1, 0.15) is 50.0 Å². The second-order valence-corrected chi connectivity index (χ2v) is 8.76. The number of fused-ring (bicyclic) bond motifs is 1. The minimum absolute atomic E-state index is 0.0692. The first kappa shape index (κ1) is 22.0. The summed E-state index contributed by atoms with van der Waals surface area (Å²) in [6, 6.07) is 7.13. The standard InChI is InChI=1S/C23H30N6O4/c1-2-32-17-5-6-20-15(12-17)13-19(23(31)24-20)21(28-9-7-16(30)8-10-28)22-25-26-27-29(22)14-18-4-3-11-33-18/h5-6,12-13,16,18,21,30H,2-4,7-11,14H2,1H3,(H,24,31)/t18-,21+/m0/s1. The Balaban J connectivity index is 1.58. The van der Waals surface area contributed by atoms with Crippen molar-refractivity contribution >= 4 is 10.9 Å². The number of ether oxygens (including phenoxy) is 2. The van der Waals surface area contributed by atoms with E-state index >= 15 is 0 Å². The third-order valence-electron chi connectivity index (χ3n) is 6.52. The largest absolute Gasteiger partial charge is 0.494 e. The van der Waals surface area contributed by atoms with Crippen LogP contribution in [0.4, 0.5) is 0 Å². The fraction of sp³-hybridized carbons (Fsp3) is 0.565. The van der Waals surface area contributed by atoms with Gasteiger partial charge in [0, 0.05) is 36.2 Å². The molecular weight excluding hydrogens is 424 g/mol. The first-order valence-corrected chi connectivity index (χ1v) is 11.7. The lowest BCUT2D eigenvalue weighted by atomic mass is 9.99. The molecule has 5 rings (SSSR count).